The van der Waals surface area contributed by atoms with E-state index in [1.54, 1.807) is 0 Å². The molecule has 2 heteroatoms. The number of hydrogen-bond acceptors (Lipinski definition) is 1. The van der Waals surface area contributed by atoms with Crippen LogP contribution in [0.4, 0.5) is 5.69 Å². The zero-order chi connectivity index (χ0) is 10.8. The summed E-state index contributed by atoms with van der Waals surface area (Å²) in [4.78, 5) is 0. The lowest BCUT2D eigenvalue weighted by atomic mass is 10.0. The smallest absolute Gasteiger partial charge is 0.0502 e. The Hall–Kier alpha value is -1.91. The van der Waals surface area contributed by atoms with Crippen LogP contribution in [-0.2, 0) is 6.54 Å². The molecule has 1 N–H and O–H groups in total. The van der Waals surface area contributed by atoms with Gasteiger partial charge in [-0.2, -0.15) is 0 Å². The third-order valence-corrected chi connectivity index (χ3v) is 2.75. The number of halogens is 1. The van der Waals surface area contributed by atoms with Crippen molar-refractivity contribution in [2.75, 3.05) is 5.32 Å². The van der Waals surface area contributed by atoms with Crippen LogP contribution in [-0.4, -0.2) is 0 Å². The lowest BCUT2D eigenvalue weighted by Gasteiger charge is -2.12. The van der Waals surface area contributed by atoms with E-state index in [-0.39, 0.29) is 12.4 Å². The van der Waals surface area contributed by atoms with Gasteiger partial charge >= 0.3 is 0 Å². The summed E-state index contributed by atoms with van der Waals surface area (Å²) in [5, 5.41) is 3.42. The van der Waals surface area contributed by atoms with Gasteiger partial charge in [-0.3, -0.25) is 0 Å². The van der Waals surface area contributed by atoms with Crippen molar-refractivity contribution in [1.29, 1.82) is 0 Å². The maximum atomic E-state index is 3.42. The minimum absolute atomic E-state index is 0. The second-order valence-corrected chi connectivity index (χ2v) is 3.81. The molecule has 0 saturated carbocycles. The molecule has 1 heterocycles. The van der Waals surface area contributed by atoms with Crippen molar-refractivity contribution in [1.82, 2.24) is 0 Å². The summed E-state index contributed by atoms with van der Waals surface area (Å²) in [6.45, 7) is 0.835. The van der Waals surface area contributed by atoms with Gasteiger partial charge in [-0.1, -0.05) is 42.2 Å². The van der Waals surface area contributed by atoms with Crippen LogP contribution >= 0.6 is 12.4 Å². The molecule has 1 aliphatic heterocycles. The molecular formula is C15H12ClN. The van der Waals surface area contributed by atoms with Gasteiger partial charge in [-0.05, 0) is 23.8 Å². The summed E-state index contributed by atoms with van der Waals surface area (Å²) >= 11 is 0. The van der Waals surface area contributed by atoms with E-state index in [1.807, 2.05) is 24.3 Å². The first kappa shape index (κ1) is 11.6. The van der Waals surface area contributed by atoms with Crippen LogP contribution in [0.5, 0.6) is 0 Å². The van der Waals surface area contributed by atoms with Gasteiger partial charge in [0.05, 0.1) is 5.69 Å². The Morgan fingerprint density at radius 3 is 2.35 bits per heavy atom. The first-order valence-electron chi connectivity index (χ1n) is 5.36. The van der Waals surface area contributed by atoms with Gasteiger partial charge in [0.25, 0.3) is 0 Å². The lowest BCUT2D eigenvalue weighted by Crippen LogP contribution is -2.04. The van der Waals surface area contributed by atoms with Crippen molar-refractivity contribution >= 4 is 18.1 Å². The number of nitrogens with one attached hydrogen (secondary N) is 1. The third-order valence-electron chi connectivity index (χ3n) is 2.75. The average molecular weight is 242 g/mol. The van der Waals surface area contributed by atoms with Gasteiger partial charge in [0.2, 0.25) is 0 Å². The van der Waals surface area contributed by atoms with E-state index < -0.39 is 0 Å². The third kappa shape index (κ3) is 2.27. The molecule has 17 heavy (non-hydrogen) atoms. The van der Waals surface area contributed by atoms with Crippen LogP contribution in [0.1, 0.15) is 16.7 Å². The molecule has 2 aromatic rings. The molecule has 84 valence electrons. The van der Waals surface area contributed by atoms with Crippen LogP contribution in [0.25, 0.3) is 0 Å². The normalized spacial score (nSPS) is 11.3. The highest BCUT2D eigenvalue weighted by atomic mass is 35.5. The second kappa shape index (κ2) is 4.95. The van der Waals surface area contributed by atoms with Crippen molar-refractivity contribution in [2.24, 2.45) is 0 Å². The summed E-state index contributed by atoms with van der Waals surface area (Å²) in [5.41, 5.74) is 4.55. The Balaban J connectivity index is 0.00000108. The molecule has 1 nitrogen and oxygen atoms in total. The minimum atomic E-state index is 0. The monoisotopic (exact) mass is 241 g/mol. The van der Waals surface area contributed by atoms with E-state index in [2.05, 4.69) is 41.4 Å². The summed E-state index contributed by atoms with van der Waals surface area (Å²) in [7, 11) is 0. The van der Waals surface area contributed by atoms with Gasteiger partial charge in [0.1, 0.15) is 0 Å². The van der Waals surface area contributed by atoms with Gasteiger partial charge in [0.15, 0.2) is 0 Å². The average Bonchev–Trinajstić information content (AvgIpc) is 2.32. The van der Waals surface area contributed by atoms with E-state index in [0.29, 0.717) is 0 Å². The molecule has 1 aliphatic rings. The quantitative estimate of drug-likeness (QED) is 0.697. The fourth-order valence-corrected chi connectivity index (χ4v) is 1.87. The van der Waals surface area contributed by atoms with Crippen molar-refractivity contribution in [2.45, 2.75) is 6.54 Å². The molecule has 0 atom stereocenters. The lowest BCUT2D eigenvalue weighted by molar-refractivity contribution is 1.13. The summed E-state index contributed by atoms with van der Waals surface area (Å²) in [5.74, 6) is 6.44. The summed E-state index contributed by atoms with van der Waals surface area (Å²) in [6.07, 6.45) is 0. The molecule has 0 bridgehead atoms. The predicted octanol–water partition coefficient (Wildman–Crippen LogP) is 3.43. The van der Waals surface area contributed by atoms with Crippen LogP contribution < -0.4 is 5.32 Å². The van der Waals surface area contributed by atoms with E-state index >= 15 is 0 Å². The van der Waals surface area contributed by atoms with Crippen molar-refractivity contribution in [3.8, 4) is 11.8 Å². The molecule has 2 aromatic carbocycles. The van der Waals surface area contributed by atoms with E-state index in [4.69, 9.17) is 0 Å². The van der Waals surface area contributed by atoms with Gasteiger partial charge in [-0.25, -0.2) is 0 Å². The maximum Gasteiger partial charge on any atom is 0.0502 e. The molecule has 0 aliphatic carbocycles. The molecule has 0 amide bonds. The standard InChI is InChI=1S/C15H11N.ClH/c1-2-7-14-11-16-15-8-4-3-6-13(15)10-9-12(14)5-1;/h1-8,16H,11H2;1H. The highest BCUT2D eigenvalue weighted by Gasteiger charge is 2.04. The Kier molecular flexibility index (Phi) is 3.37. The Bertz CT molecular complexity index is 542. The van der Waals surface area contributed by atoms with Crippen LogP contribution in [0.3, 0.4) is 0 Å². The van der Waals surface area contributed by atoms with Crippen molar-refractivity contribution in [3.63, 3.8) is 0 Å². The highest BCUT2D eigenvalue weighted by Crippen LogP contribution is 2.18. The molecular weight excluding hydrogens is 230 g/mol. The number of rotatable bonds is 0. The topological polar surface area (TPSA) is 12.0 Å². The molecule has 0 radical (unpaired) electrons. The molecule has 0 unspecified atom stereocenters. The van der Waals surface area contributed by atoms with Gasteiger partial charge in [0, 0.05) is 17.7 Å². The Labute approximate surface area is 107 Å². The molecule has 0 aromatic heterocycles. The first-order chi connectivity index (χ1) is 7.93. The van der Waals surface area contributed by atoms with Crippen LogP contribution in [0.15, 0.2) is 48.5 Å². The molecule has 0 spiro atoms. The predicted molar refractivity (Wildman–Crippen MR) is 73.4 cm³/mol. The minimum Gasteiger partial charge on any atom is -0.380 e. The van der Waals surface area contributed by atoms with Crippen LogP contribution in [0, 0.1) is 11.8 Å². The largest absolute Gasteiger partial charge is 0.380 e. The number of benzene rings is 2. The fourth-order valence-electron chi connectivity index (χ4n) is 1.87. The van der Waals surface area contributed by atoms with E-state index in [1.165, 1.54) is 5.56 Å². The highest BCUT2D eigenvalue weighted by molar-refractivity contribution is 5.85. The van der Waals surface area contributed by atoms with E-state index in [9.17, 15) is 0 Å². The SMILES string of the molecule is C1#Cc2ccccc2NCc2ccccc21.Cl. The Morgan fingerprint density at radius 2 is 1.47 bits per heavy atom. The summed E-state index contributed by atoms with van der Waals surface area (Å²) < 4.78 is 0. The number of fused-ring (bicyclic) bond motifs is 2. The zero-order valence-corrected chi connectivity index (χ0v) is 10.1. The second-order valence-electron chi connectivity index (χ2n) is 3.81. The zero-order valence-electron chi connectivity index (χ0n) is 9.23. The van der Waals surface area contributed by atoms with Crippen molar-refractivity contribution < 1.29 is 0 Å². The van der Waals surface area contributed by atoms with Gasteiger partial charge in [-0.15, -0.1) is 12.4 Å². The first-order valence-corrected chi connectivity index (χ1v) is 5.36. The Morgan fingerprint density at radius 1 is 0.824 bits per heavy atom. The summed E-state index contributed by atoms with van der Waals surface area (Å²) in [6, 6.07) is 16.4. The molecule has 0 saturated heterocycles. The molecule has 3 rings (SSSR count). The number of hydrogen-bond donors (Lipinski definition) is 1. The van der Waals surface area contributed by atoms with Gasteiger partial charge < -0.3 is 5.32 Å². The van der Waals surface area contributed by atoms with Crippen LogP contribution in [0.2, 0.25) is 0 Å². The number of para-hydroxylation sites is 1. The molecule has 0 fully saturated rings. The fraction of sp³-hybridized carbons (Fsp3) is 0.0667. The van der Waals surface area contributed by atoms with Crippen molar-refractivity contribution in [3.05, 3.63) is 65.2 Å². The number of anilines is 1. The maximum absolute atomic E-state index is 3.42. The van der Waals surface area contributed by atoms with E-state index in [0.717, 1.165) is 23.4 Å².